The fraction of sp³-hybridized carbons (Fsp3) is 0.632. The molecular formula is C19H27N3O2. The Labute approximate surface area is 143 Å². The van der Waals surface area contributed by atoms with E-state index in [0.717, 1.165) is 30.8 Å². The van der Waals surface area contributed by atoms with E-state index in [1.54, 1.807) is 0 Å². The number of aliphatic hydroxyl groups is 1. The van der Waals surface area contributed by atoms with E-state index < -0.39 is 0 Å². The lowest BCUT2D eigenvalue weighted by atomic mass is 9.88. The predicted molar refractivity (Wildman–Crippen MR) is 95.2 cm³/mol. The number of carbonyl (C=O) groups is 1. The smallest absolute Gasteiger partial charge is 0.322 e. The van der Waals surface area contributed by atoms with Gasteiger partial charge in [0, 0.05) is 31.0 Å². The van der Waals surface area contributed by atoms with Crippen LogP contribution in [0.5, 0.6) is 0 Å². The molecule has 1 heterocycles. The van der Waals surface area contributed by atoms with Gasteiger partial charge in [-0.3, -0.25) is 0 Å². The second-order valence-corrected chi connectivity index (χ2v) is 7.97. The maximum absolute atomic E-state index is 12.8. The number of aliphatic hydroxyl groups excluding tert-OH is 1. The fourth-order valence-electron chi connectivity index (χ4n) is 4.95. The molecule has 4 rings (SSSR count). The first-order chi connectivity index (χ1) is 11.5. The molecule has 3 fully saturated rings. The minimum atomic E-state index is -0.335. The molecule has 5 nitrogen and oxygen atoms in total. The molecule has 5 heteroatoms. The summed E-state index contributed by atoms with van der Waals surface area (Å²) in [7, 11) is 2.05. The van der Waals surface area contributed by atoms with Gasteiger partial charge < -0.3 is 20.2 Å². The molecule has 1 aliphatic heterocycles. The van der Waals surface area contributed by atoms with Crippen molar-refractivity contribution < 1.29 is 9.90 Å². The normalized spacial score (nSPS) is 33.4. The van der Waals surface area contributed by atoms with Gasteiger partial charge in [0.25, 0.3) is 0 Å². The summed E-state index contributed by atoms with van der Waals surface area (Å²) < 4.78 is 0. The zero-order valence-corrected chi connectivity index (χ0v) is 14.6. The molecule has 0 unspecified atom stereocenters. The number of hydrogen-bond acceptors (Lipinski definition) is 3. The van der Waals surface area contributed by atoms with Crippen LogP contribution in [0.4, 0.5) is 16.2 Å². The number of benzene rings is 1. The Balaban J connectivity index is 1.48. The third kappa shape index (κ3) is 2.37. The molecule has 1 aromatic carbocycles. The lowest BCUT2D eigenvalue weighted by Crippen LogP contribution is -2.45. The van der Waals surface area contributed by atoms with E-state index in [0.29, 0.717) is 23.8 Å². The number of carbonyl (C=O) groups excluding carboxylic acids is 1. The van der Waals surface area contributed by atoms with Crippen LogP contribution in [0.1, 0.15) is 26.7 Å². The van der Waals surface area contributed by atoms with Crippen LogP contribution in [-0.4, -0.2) is 47.8 Å². The fourth-order valence-corrected chi connectivity index (χ4v) is 4.95. The van der Waals surface area contributed by atoms with Gasteiger partial charge in [-0.15, -0.1) is 0 Å². The molecule has 2 aliphatic carbocycles. The van der Waals surface area contributed by atoms with Crippen molar-refractivity contribution in [3.8, 4) is 0 Å². The zero-order chi connectivity index (χ0) is 17.0. The molecule has 1 aromatic rings. The van der Waals surface area contributed by atoms with E-state index in [1.807, 2.05) is 23.1 Å². The first-order valence-corrected chi connectivity index (χ1v) is 9.04. The molecule has 0 spiro atoms. The van der Waals surface area contributed by atoms with Gasteiger partial charge in [0.05, 0.1) is 12.1 Å². The van der Waals surface area contributed by atoms with Gasteiger partial charge in [0.1, 0.15) is 0 Å². The van der Waals surface area contributed by atoms with Crippen LogP contribution in [-0.2, 0) is 0 Å². The van der Waals surface area contributed by atoms with Crippen molar-refractivity contribution in [2.45, 2.75) is 44.9 Å². The van der Waals surface area contributed by atoms with Crippen LogP contribution < -0.4 is 10.2 Å². The summed E-state index contributed by atoms with van der Waals surface area (Å²) in [5, 5.41) is 13.5. The molecule has 130 valence electrons. The van der Waals surface area contributed by atoms with Gasteiger partial charge in [-0.25, -0.2) is 4.79 Å². The Morgan fingerprint density at radius 1 is 1.33 bits per heavy atom. The van der Waals surface area contributed by atoms with Crippen molar-refractivity contribution in [1.82, 2.24) is 4.90 Å². The van der Waals surface area contributed by atoms with Crippen LogP contribution >= 0.6 is 0 Å². The number of urea groups is 1. The molecule has 24 heavy (non-hydrogen) atoms. The number of likely N-dealkylation sites (tertiary alicyclic amines) is 1. The summed E-state index contributed by atoms with van der Waals surface area (Å²) in [6.07, 6.45) is 1.84. The second-order valence-electron chi connectivity index (χ2n) is 7.97. The summed E-state index contributed by atoms with van der Waals surface area (Å²) in [5.41, 5.74) is 1.90. The molecule has 2 bridgehead atoms. The topological polar surface area (TPSA) is 55.8 Å². The molecule has 1 saturated heterocycles. The van der Waals surface area contributed by atoms with Gasteiger partial charge in [-0.05, 0) is 62.6 Å². The maximum atomic E-state index is 12.8. The van der Waals surface area contributed by atoms with E-state index in [2.05, 4.69) is 37.2 Å². The molecule has 2 amide bonds. The molecule has 2 saturated carbocycles. The van der Waals surface area contributed by atoms with Crippen LogP contribution in [0, 0.1) is 17.8 Å². The van der Waals surface area contributed by atoms with E-state index in [4.69, 9.17) is 0 Å². The van der Waals surface area contributed by atoms with Gasteiger partial charge in [0.2, 0.25) is 0 Å². The van der Waals surface area contributed by atoms with Crippen molar-refractivity contribution in [2.24, 2.45) is 17.8 Å². The minimum Gasteiger partial charge on any atom is -0.391 e. The Bertz CT molecular complexity index is 645. The Morgan fingerprint density at radius 2 is 2.12 bits per heavy atom. The lowest BCUT2D eigenvalue weighted by Gasteiger charge is -2.29. The number of anilines is 2. The van der Waals surface area contributed by atoms with Crippen LogP contribution in [0.15, 0.2) is 24.3 Å². The molecule has 0 radical (unpaired) electrons. The number of rotatable bonds is 3. The lowest BCUT2D eigenvalue weighted by molar-refractivity contribution is 0.0631. The van der Waals surface area contributed by atoms with Crippen molar-refractivity contribution in [2.75, 3.05) is 23.8 Å². The van der Waals surface area contributed by atoms with Crippen molar-refractivity contribution in [3.63, 3.8) is 0 Å². The SMILES string of the molecule is CC(C)N(C)c1cccc(NC(=O)N2C[C@@H]3C[C@H]4C[C@H]3[C@@H]2[C@@H]4O)c1. The number of fused-ring (bicyclic) bond motifs is 1. The summed E-state index contributed by atoms with van der Waals surface area (Å²) in [6, 6.07) is 8.31. The summed E-state index contributed by atoms with van der Waals surface area (Å²) >= 11 is 0. The van der Waals surface area contributed by atoms with E-state index in [1.165, 1.54) is 0 Å². The monoisotopic (exact) mass is 329 g/mol. The second kappa shape index (κ2) is 5.66. The predicted octanol–water partition coefficient (Wildman–Crippen LogP) is 2.76. The molecule has 3 aliphatic rings. The maximum Gasteiger partial charge on any atom is 0.322 e. The average molecular weight is 329 g/mol. The van der Waals surface area contributed by atoms with E-state index in [9.17, 15) is 9.90 Å². The Morgan fingerprint density at radius 3 is 2.83 bits per heavy atom. The van der Waals surface area contributed by atoms with Crippen molar-refractivity contribution in [3.05, 3.63) is 24.3 Å². The van der Waals surface area contributed by atoms with Gasteiger partial charge in [-0.2, -0.15) is 0 Å². The Kier molecular flexibility index (Phi) is 3.71. The highest BCUT2D eigenvalue weighted by atomic mass is 16.3. The quantitative estimate of drug-likeness (QED) is 0.896. The van der Waals surface area contributed by atoms with Crippen molar-refractivity contribution >= 4 is 17.4 Å². The number of hydrogen-bond donors (Lipinski definition) is 2. The number of amides is 2. The summed E-state index contributed by atoms with van der Waals surface area (Å²) in [5.74, 6) is 1.51. The highest BCUT2D eigenvalue weighted by Crippen LogP contribution is 2.54. The minimum absolute atomic E-state index is 0.0234. The Hall–Kier alpha value is -1.75. The van der Waals surface area contributed by atoms with Crippen molar-refractivity contribution in [1.29, 1.82) is 0 Å². The van der Waals surface area contributed by atoms with Gasteiger partial charge >= 0.3 is 6.03 Å². The van der Waals surface area contributed by atoms with Crippen LogP contribution in [0.25, 0.3) is 0 Å². The molecule has 5 atom stereocenters. The summed E-state index contributed by atoms with van der Waals surface area (Å²) in [4.78, 5) is 16.8. The number of nitrogens with one attached hydrogen (secondary N) is 1. The largest absolute Gasteiger partial charge is 0.391 e. The van der Waals surface area contributed by atoms with Crippen LogP contribution in [0.2, 0.25) is 0 Å². The van der Waals surface area contributed by atoms with E-state index >= 15 is 0 Å². The zero-order valence-electron chi connectivity index (χ0n) is 14.6. The first kappa shape index (κ1) is 15.8. The molecule has 2 N–H and O–H groups in total. The number of nitrogens with zero attached hydrogens (tertiary/aromatic N) is 2. The average Bonchev–Trinajstić information content (AvgIpc) is 3.16. The molecular weight excluding hydrogens is 302 g/mol. The van der Waals surface area contributed by atoms with Crippen LogP contribution in [0.3, 0.4) is 0 Å². The third-order valence-electron chi connectivity index (χ3n) is 6.39. The third-order valence-corrected chi connectivity index (χ3v) is 6.39. The highest BCUT2D eigenvalue weighted by Gasteiger charge is 2.59. The highest BCUT2D eigenvalue weighted by molar-refractivity contribution is 5.90. The summed E-state index contributed by atoms with van der Waals surface area (Å²) in [6.45, 7) is 5.08. The van der Waals surface area contributed by atoms with Gasteiger partial charge in [-0.1, -0.05) is 6.07 Å². The molecule has 0 aromatic heterocycles. The first-order valence-electron chi connectivity index (χ1n) is 9.04. The standard InChI is InChI=1S/C19H27N3O2/c1-11(2)21(3)15-6-4-5-14(9-15)20-19(24)22-10-13-7-12-8-16(13)17(22)18(12)23/h4-6,9,11-13,16-18,23H,7-8,10H2,1-3H3,(H,20,24)/t12-,13-,16+,17+,18+/m0/s1. The van der Waals surface area contributed by atoms with E-state index in [-0.39, 0.29) is 18.2 Å². The van der Waals surface area contributed by atoms with Gasteiger partial charge in [0.15, 0.2) is 0 Å².